The Balaban J connectivity index is 1.64. The molecule has 0 bridgehead atoms. The molecule has 1 atom stereocenters. The van der Waals surface area contributed by atoms with E-state index in [1.165, 1.54) is 0 Å². The second kappa shape index (κ2) is 5.82. The molecule has 1 aromatic rings. The first-order valence-electron chi connectivity index (χ1n) is 7.69. The molecule has 2 heteroatoms. The molecule has 2 aliphatic carbocycles. The average Bonchev–Trinajstić information content (AvgIpc) is 2.46. The lowest BCUT2D eigenvalue weighted by Crippen LogP contribution is -2.44. The van der Waals surface area contributed by atoms with Crippen molar-refractivity contribution in [3.05, 3.63) is 48.0 Å². The fourth-order valence-electron chi connectivity index (χ4n) is 3.24. The van der Waals surface area contributed by atoms with Gasteiger partial charge in [-0.05, 0) is 43.6 Å². The number of allylic oxidation sites excluding steroid dienone is 2. The van der Waals surface area contributed by atoms with Crippen LogP contribution in [-0.4, -0.2) is 12.6 Å². The molecule has 0 N–H and O–H groups in total. The van der Waals surface area contributed by atoms with Crippen LogP contribution in [0, 0.1) is 5.92 Å². The summed E-state index contributed by atoms with van der Waals surface area (Å²) in [6.07, 6.45) is 10.7. The summed E-state index contributed by atoms with van der Waals surface area (Å²) in [7, 11) is 0. The standard InChI is InChI=1S/C18H22O2/c19-17(20-14-15-8-3-1-4-9-15)18(12-7-13-18)16-10-5-2-6-11-16/h1-3,5-6,10-11,15H,4,7-9,12-14H2. The van der Waals surface area contributed by atoms with E-state index in [0.29, 0.717) is 12.5 Å². The van der Waals surface area contributed by atoms with Gasteiger partial charge in [0.25, 0.3) is 0 Å². The highest BCUT2D eigenvalue weighted by molar-refractivity contribution is 5.84. The van der Waals surface area contributed by atoms with E-state index in [9.17, 15) is 4.79 Å². The number of hydrogen-bond donors (Lipinski definition) is 0. The summed E-state index contributed by atoms with van der Waals surface area (Å²) in [5.74, 6) is 0.501. The van der Waals surface area contributed by atoms with Gasteiger partial charge in [-0.15, -0.1) is 0 Å². The first-order valence-corrected chi connectivity index (χ1v) is 7.69. The van der Waals surface area contributed by atoms with Gasteiger partial charge in [0, 0.05) is 0 Å². The van der Waals surface area contributed by atoms with E-state index in [1.54, 1.807) is 0 Å². The van der Waals surface area contributed by atoms with Crippen molar-refractivity contribution in [2.45, 2.75) is 43.9 Å². The van der Waals surface area contributed by atoms with Gasteiger partial charge in [0.15, 0.2) is 0 Å². The van der Waals surface area contributed by atoms with Crippen LogP contribution in [0.5, 0.6) is 0 Å². The van der Waals surface area contributed by atoms with Crippen LogP contribution >= 0.6 is 0 Å². The summed E-state index contributed by atoms with van der Waals surface area (Å²) < 4.78 is 5.67. The zero-order chi connectivity index (χ0) is 13.8. The van der Waals surface area contributed by atoms with Gasteiger partial charge >= 0.3 is 5.97 Å². The average molecular weight is 270 g/mol. The van der Waals surface area contributed by atoms with E-state index in [-0.39, 0.29) is 11.4 Å². The van der Waals surface area contributed by atoms with Crippen LogP contribution in [0.3, 0.4) is 0 Å². The molecule has 2 aliphatic rings. The first kappa shape index (κ1) is 13.4. The van der Waals surface area contributed by atoms with Crippen LogP contribution in [0.2, 0.25) is 0 Å². The van der Waals surface area contributed by atoms with Crippen molar-refractivity contribution in [2.24, 2.45) is 5.92 Å². The predicted molar refractivity (Wildman–Crippen MR) is 79.4 cm³/mol. The van der Waals surface area contributed by atoms with Crippen molar-refractivity contribution in [1.29, 1.82) is 0 Å². The van der Waals surface area contributed by atoms with Gasteiger partial charge in [-0.25, -0.2) is 0 Å². The topological polar surface area (TPSA) is 26.3 Å². The second-order valence-electron chi connectivity index (χ2n) is 6.05. The molecule has 0 aliphatic heterocycles. The van der Waals surface area contributed by atoms with Gasteiger partial charge in [-0.3, -0.25) is 4.79 Å². The number of rotatable bonds is 4. The van der Waals surface area contributed by atoms with Gasteiger partial charge in [0.2, 0.25) is 0 Å². The van der Waals surface area contributed by atoms with Gasteiger partial charge in [0.1, 0.15) is 0 Å². The molecular weight excluding hydrogens is 248 g/mol. The van der Waals surface area contributed by atoms with Crippen LogP contribution in [-0.2, 0) is 14.9 Å². The number of benzene rings is 1. The molecule has 0 amide bonds. The zero-order valence-corrected chi connectivity index (χ0v) is 11.9. The highest BCUT2D eigenvalue weighted by Crippen LogP contribution is 2.44. The fourth-order valence-corrected chi connectivity index (χ4v) is 3.24. The third kappa shape index (κ3) is 2.52. The monoisotopic (exact) mass is 270 g/mol. The van der Waals surface area contributed by atoms with Crippen LogP contribution in [0.15, 0.2) is 42.5 Å². The normalized spacial score (nSPS) is 23.9. The summed E-state index contributed by atoms with van der Waals surface area (Å²) >= 11 is 0. The van der Waals surface area contributed by atoms with Crippen LogP contribution < -0.4 is 0 Å². The summed E-state index contributed by atoms with van der Waals surface area (Å²) in [5.41, 5.74) is 0.769. The van der Waals surface area contributed by atoms with E-state index >= 15 is 0 Å². The molecule has 0 radical (unpaired) electrons. The van der Waals surface area contributed by atoms with Crippen LogP contribution in [0.1, 0.15) is 44.1 Å². The van der Waals surface area contributed by atoms with E-state index < -0.39 is 0 Å². The summed E-state index contributed by atoms with van der Waals surface area (Å²) in [4.78, 5) is 12.6. The van der Waals surface area contributed by atoms with Crippen molar-refractivity contribution >= 4 is 5.97 Å². The van der Waals surface area contributed by atoms with Crippen molar-refractivity contribution in [3.8, 4) is 0 Å². The second-order valence-corrected chi connectivity index (χ2v) is 6.05. The Bertz CT molecular complexity index is 485. The minimum atomic E-state index is -0.355. The lowest BCUT2D eigenvalue weighted by Gasteiger charge is -2.40. The van der Waals surface area contributed by atoms with Crippen molar-refractivity contribution in [1.82, 2.24) is 0 Å². The summed E-state index contributed by atoms with van der Waals surface area (Å²) in [5, 5.41) is 0. The predicted octanol–water partition coefficient (Wildman–Crippen LogP) is 4.01. The summed E-state index contributed by atoms with van der Waals surface area (Å²) in [6.45, 7) is 0.581. The molecule has 0 spiro atoms. The van der Waals surface area contributed by atoms with Gasteiger partial charge < -0.3 is 4.74 Å². The van der Waals surface area contributed by atoms with Crippen LogP contribution in [0.4, 0.5) is 0 Å². The molecule has 2 nitrogen and oxygen atoms in total. The maximum atomic E-state index is 12.6. The number of esters is 1. The Morgan fingerprint density at radius 2 is 2.00 bits per heavy atom. The molecule has 0 saturated heterocycles. The Kier molecular flexibility index (Phi) is 3.90. The maximum Gasteiger partial charge on any atom is 0.316 e. The largest absolute Gasteiger partial charge is 0.465 e. The zero-order valence-electron chi connectivity index (χ0n) is 11.9. The Hall–Kier alpha value is -1.57. The third-order valence-corrected chi connectivity index (χ3v) is 4.75. The highest BCUT2D eigenvalue weighted by Gasteiger charge is 2.47. The molecule has 1 fully saturated rings. The highest BCUT2D eigenvalue weighted by atomic mass is 16.5. The Morgan fingerprint density at radius 3 is 2.60 bits per heavy atom. The molecule has 1 saturated carbocycles. The fraction of sp³-hybridized carbons (Fsp3) is 0.500. The van der Waals surface area contributed by atoms with Gasteiger partial charge in [-0.2, -0.15) is 0 Å². The molecule has 0 aromatic heterocycles. The SMILES string of the molecule is O=C(OCC1CC=CCC1)C1(c2ccccc2)CCC1. The molecule has 3 rings (SSSR count). The molecule has 1 aromatic carbocycles. The Morgan fingerprint density at radius 1 is 1.20 bits per heavy atom. The lowest BCUT2D eigenvalue weighted by molar-refractivity contribution is -0.156. The molecular formula is C18H22O2. The molecule has 20 heavy (non-hydrogen) atoms. The minimum absolute atomic E-state index is 0.00972. The van der Waals surface area contributed by atoms with Crippen molar-refractivity contribution < 1.29 is 9.53 Å². The van der Waals surface area contributed by atoms with Crippen LogP contribution in [0.25, 0.3) is 0 Å². The van der Waals surface area contributed by atoms with E-state index in [0.717, 1.165) is 44.1 Å². The lowest BCUT2D eigenvalue weighted by atomic mass is 9.64. The van der Waals surface area contributed by atoms with Gasteiger partial charge in [-0.1, -0.05) is 48.9 Å². The van der Waals surface area contributed by atoms with Gasteiger partial charge in [0.05, 0.1) is 12.0 Å². The summed E-state index contributed by atoms with van der Waals surface area (Å²) in [6, 6.07) is 10.1. The minimum Gasteiger partial charge on any atom is -0.465 e. The van der Waals surface area contributed by atoms with E-state index in [1.807, 2.05) is 18.2 Å². The molecule has 1 unspecified atom stereocenters. The number of carbonyl (C=O) groups is 1. The number of ether oxygens (including phenoxy) is 1. The quantitative estimate of drug-likeness (QED) is 0.610. The Labute approximate surface area is 120 Å². The third-order valence-electron chi connectivity index (χ3n) is 4.75. The maximum absolute atomic E-state index is 12.6. The number of hydrogen-bond acceptors (Lipinski definition) is 2. The smallest absolute Gasteiger partial charge is 0.316 e. The molecule has 106 valence electrons. The van der Waals surface area contributed by atoms with Crippen molar-refractivity contribution in [3.63, 3.8) is 0 Å². The van der Waals surface area contributed by atoms with Crippen molar-refractivity contribution in [2.75, 3.05) is 6.61 Å². The molecule has 0 heterocycles. The number of carbonyl (C=O) groups excluding carboxylic acids is 1. The first-order chi connectivity index (χ1) is 9.81. The van der Waals surface area contributed by atoms with E-state index in [4.69, 9.17) is 4.74 Å². The van der Waals surface area contributed by atoms with E-state index in [2.05, 4.69) is 24.3 Å².